The van der Waals surface area contributed by atoms with E-state index in [1.165, 1.54) is 18.2 Å². The maximum absolute atomic E-state index is 13.2. The SMILES string of the molecule is O=C1c2c(O)c(=O)ccn2C(CCN2CCOCC2)CN1Cc1ccc(F)cc1. The van der Waals surface area contributed by atoms with Crippen LogP contribution in [-0.4, -0.2) is 64.8 Å². The summed E-state index contributed by atoms with van der Waals surface area (Å²) in [5.74, 6) is -1.25. The van der Waals surface area contributed by atoms with Crippen molar-refractivity contribution in [3.05, 3.63) is 63.8 Å². The number of aromatic hydroxyl groups is 1. The molecular weight excluding hydrogens is 377 g/mol. The number of ether oxygens (including phenoxy) is 1. The molecule has 2 aliphatic heterocycles. The number of rotatable bonds is 5. The second kappa shape index (κ2) is 8.34. The zero-order valence-corrected chi connectivity index (χ0v) is 16.1. The second-order valence-corrected chi connectivity index (χ2v) is 7.49. The highest BCUT2D eigenvalue weighted by Crippen LogP contribution is 2.28. The van der Waals surface area contributed by atoms with Gasteiger partial charge < -0.3 is 19.3 Å². The fourth-order valence-electron chi connectivity index (χ4n) is 3.96. The minimum Gasteiger partial charge on any atom is -0.503 e. The lowest BCUT2D eigenvalue weighted by atomic mass is 10.1. The predicted octanol–water partition coefficient (Wildman–Crippen LogP) is 1.61. The Morgan fingerprint density at radius 3 is 2.55 bits per heavy atom. The van der Waals surface area contributed by atoms with Crippen LogP contribution in [0.1, 0.15) is 28.5 Å². The Hall–Kier alpha value is -2.71. The first kappa shape index (κ1) is 19.6. The number of carbonyl (C=O) groups excluding carboxylic acids is 1. The van der Waals surface area contributed by atoms with Crippen LogP contribution in [0.5, 0.6) is 5.75 Å². The van der Waals surface area contributed by atoms with Gasteiger partial charge in [-0.2, -0.15) is 0 Å². The average Bonchev–Trinajstić information content (AvgIpc) is 2.73. The Morgan fingerprint density at radius 2 is 1.83 bits per heavy atom. The van der Waals surface area contributed by atoms with Gasteiger partial charge in [0.25, 0.3) is 5.91 Å². The quantitative estimate of drug-likeness (QED) is 0.824. The molecule has 1 saturated heterocycles. The van der Waals surface area contributed by atoms with E-state index in [-0.39, 0.29) is 24.1 Å². The fraction of sp³-hybridized carbons (Fsp3) is 0.429. The van der Waals surface area contributed by atoms with Gasteiger partial charge in [-0.15, -0.1) is 0 Å². The van der Waals surface area contributed by atoms with Crippen LogP contribution in [-0.2, 0) is 11.3 Å². The van der Waals surface area contributed by atoms with Crippen molar-refractivity contribution < 1.29 is 19.0 Å². The largest absolute Gasteiger partial charge is 0.503 e. The van der Waals surface area contributed by atoms with Crippen LogP contribution in [0.4, 0.5) is 4.39 Å². The van der Waals surface area contributed by atoms with Gasteiger partial charge in [0.15, 0.2) is 11.4 Å². The molecule has 1 fully saturated rings. The van der Waals surface area contributed by atoms with Gasteiger partial charge in [-0.05, 0) is 24.1 Å². The van der Waals surface area contributed by atoms with Crippen LogP contribution in [0.2, 0.25) is 0 Å². The number of halogens is 1. The monoisotopic (exact) mass is 401 g/mol. The zero-order chi connectivity index (χ0) is 20.4. The summed E-state index contributed by atoms with van der Waals surface area (Å²) in [6.07, 6.45) is 2.36. The normalized spacial score (nSPS) is 20.0. The molecule has 4 rings (SSSR count). The molecule has 0 radical (unpaired) electrons. The molecule has 1 unspecified atom stereocenters. The molecule has 1 aromatic heterocycles. The van der Waals surface area contributed by atoms with E-state index in [2.05, 4.69) is 4.90 Å². The number of pyridine rings is 1. The number of carbonyl (C=O) groups is 1. The maximum atomic E-state index is 13.2. The Labute approximate surface area is 167 Å². The molecule has 1 aromatic carbocycles. The molecule has 0 bridgehead atoms. The number of benzene rings is 1. The topological polar surface area (TPSA) is 75.0 Å². The second-order valence-electron chi connectivity index (χ2n) is 7.49. The van der Waals surface area contributed by atoms with Crippen LogP contribution >= 0.6 is 0 Å². The molecule has 0 saturated carbocycles. The first-order valence-corrected chi connectivity index (χ1v) is 9.81. The number of hydrogen-bond donors (Lipinski definition) is 1. The van der Waals surface area contributed by atoms with Crippen molar-refractivity contribution in [1.29, 1.82) is 0 Å². The molecule has 1 N–H and O–H groups in total. The molecule has 3 heterocycles. The Bertz CT molecular complexity index is 938. The highest BCUT2D eigenvalue weighted by Gasteiger charge is 2.33. The van der Waals surface area contributed by atoms with E-state index in [0.29, 0.717) is 19.8 Å². The lowest BCUT2D eigenvalue weighted by molar-refractivity contribution is 0.0333. The third-order valence-corrected chi connectivity index (χ3v) is 5.59. The van der Waals surface area contributed by atoms with Crippen LogP contribution in [0, 0.1) is 5.82 Å². The van der Waals surface area contributed by atoms with Crippen molar-refractivity contribution in [3.63, 3.8) is 0 Å². The van der Waals surface area contributed by atoms with Gasteiger partial charge in [0.2, 0.25) is 5.43 Å². The molecule has 2 aromatic rings. The number of fused-ring (bicyclic) bond motifs is 1. The van der Waals surface area contributed by atoms with Gasteiger partial charge in [0.05, 0.1) is 19.3 Å². The number of morpholine rings is 1. The first-order valence-electron chi connectivity index (χ1n) is 9.81. The van der Waals surface area contributed by atoms with Crippen molar-refractivity contribution in [2.75, 3.05) is 39.4 Å². The molecule has 1 atom stereocenters. The molecular formula is C21H24FN3O4. The summed E-state index contributed by atoms with van der Waals surface area (Å²) in [5.41, 5.74) is 0.246. The van der Waals surface area contributed by atoms with E-state index >= 15 is 0 Å². The van der Waals surface area contributed by atoms with Crippen LogP contribution in [0.3, 0.4) is 0 Å². The molecule has 154 valence electrons. The standard InChI is InChI=1S/C21H24FN3O4/c22-16-3-1-15(2-4-16)13-24-14-17(5-7-23-9-11-29-12-10-23)25-8-6-18(26)20(27)19(25)21(24)28/h1-4,6,8,17,27H,5,7,9-14H2. The molecule has 7 nitrogen and oxygen atoms in total. The summed E-state index contributed by atoms with van der Waals surface area (Å²) in [7, 11) is 0. The third-order valence-electron chi connectivity index (χ3n) is 5.59. The Morgan fingerprint density at radius 1 is 1.10 bits per heavy atom. The molecule has 2 aliphatic rings. The van der Waals surface area contributed by atoms with E-state index in [1.807, 2.05) is 0 Å². The summed E-state index contributed by atoms with van der Waals surface area (Å²) in [4.78, 5) is 28.9. The van der Waals surface area contributed by atoms with Crippen LogP contribution < -0.4 is 5.43 Å². The van der Waals surface area contributed by atoms with Crippen molar-refractivity contribution in [3.8, 4) is 5.75 Å². The first-order chi connectivity index (χ1) is 14.0. The minimum absolute atomic E-state index is 0.0258. The summed E-state index contributed by atoms with van der Waals surface area (Å²) in [5, 5.41) is 10.3. The van der Waals surface area contributed by atoms with E-state index in [1.54, 1.807) is 27.8 Å². The number of hydrogen-bond acceptors (Lipinski definition) is 5. The zero-order valence-electron chi connectivity index (χ0n) is 16.1. The van der Waals surface area contributed by atoms with Gasteiger partial charge in [-0.1, -0.05) is 12.1 Å². The molecule has 8 heteroatoms. The highest BCUT2D eigenvalue weighted by atomic mass is 19.1. The van der Waals surface area contributed by atoms with Gasteiger partial charge in [-0.3, -0.25) is 14.5 Å². The number of amides is 1. The summed E-state index contributed by atoms with van der Waals surface area (Å²) in [6.45, 7) is 4.73. The molecule has 1 amide bonds. The number of nitrogens with zero attached hydrogens (tertiary/aromatic N) is 3. The van der Waals surface area contributed by atoms with E-state index in [9.17, 15) is 19.1 Å². The molecule has 0 spiro atoms. The predicted molar refractivity (Wildman–Crippen MR) is 104 cm³/mol. The fourth-order valence-corrected chi connectivity index (χ4v) is 3.96. The van der Waals surface area contributed by atoms with Crippen molar-refractivity contribution in [2.45, 2.75) is 19.0 Å². The maximum Gasteiger partial charge on any atom is 0.274 e. The highest BCUT2D eigenvalue weighted by molar-refractivity contribution is 5.95. The summed E-state index contributed by atoms with van der Waals surface area (Å²) < 4.78 is 20.3. The van der Waals surface area contributed by atoms with E-state index in [4.69, 9.17) is 4.74 Å². The molecule has 29 heavy (non-hydrogen) atoms. The smallest absolute Gasteiger partial charge is 0.274 e. The number of aromatic nitrogens is 1. The minimum atomic E-state index is -0.569. The van der Waals surface area contributed by atoms with Gasteiger partial charge >= 0.3 is 0 Å². The molecule has 0 aliphatic carbocycles. The summed E-state index contributed by atoms with van der Waals surface area (Å²) >= 11 is 0. The van der Waals surface area contributed by atoms with E-state index < -0.39 is 17.1 Å². The van der Waals surface area contributed by atoms with Gasteiger partial charge in [0.1, 0.15) is 5.82 Å². The summed E-state index contributed by atoms with van der Waals surface area (Å²) in [6, 6.07) is 7.21. The third kappa shape index (κ3) is 4.18. The van der Waals surface area contributed by atoms with Gasteiger partial charge in [-0.25, -0.2) is 4.39 Å². The van der Waals surface area contributed by atoms with Crippen LogP contribution in [0.25, 0.3) is 0 Å². The van der Waals surface area contributed by atoms with Gasteiger partial charge in [0, 0.05) is 45.0 Å². The van der Waals surface area contributed by atoms with Crippen molar-refractivity contribution in [1.82, 2.24) is 14.4 Å². The van der Waals surface area contributed by atoms with Crippen molar-refractivity contribution in [2.24, 2.45) is 0 Å². The van der Waals surface area contributed by atoms with E-state index in [0.717, 1.165) is 31.6 Å². The average molecular weight is 401 g/mol. The van der Waals surface area contributed by atoms with Crippen LogP contribution in [0.15, 0.2) is 41.3 Å². The lowest BCUT2D eigenvalue weighted by Gasteiger charge is -2.37. The lowest BCUT2D eigenvalue weighted by Crippen LogP contribution is -2.45. The Kier molecular flexibility index (Phi) is 5.64. The van der Waals surface area contributed by atoms with Crippen molar-refractivity contribution >= 4 is 5.91 Å². The Balaban J connectivity index is 1.59.